The highest BCUT2D eigenvalue weighted by Crippen LogP contribution is 2.16. The Morgan fingerprint density at radius 1 is 0.957 bits per heavy atom. The van der Waals surface area contributed by atoms with Crippen molar-refractivity contribution in [2.24, 2.45) is 5.92 Å². The van der Waals surface area contributed by atoms with E-state index in [4.69, 9.17) is 4.74 Å². The highest BCUT2D eigenvalue weighted by Gasteiger charge is 2.07. The lowest BCUT2D eigenvalue weighted by Crippen LogP contribution is -2.30. The van der Waals surface area contributed by atoms with Crippen molar-refractivity contribution in [3.05, 3.63) is 0 Å². The minimum absolute atomic E-state index is 0.121. The third kappa shape index (κ3) is 16.0. The number of unbranched alkanes of at least 4 members (excludes halogenated alkanes) is 4. The first-order valence-corrected chi connectivity index (χ1v) is 9.79. The number of ether oxygens (including phenoxy) is 1. The maximum atomic E-state index is 11.3. The van der Waals surface area contributed by atoms with Gasteiger partial charge in [-0.3, -0.25) is 10.1 Å². The van der Waals surface area contributed by atoms with Gasteiger partial charge >= 0.3 is 0 Å². The Morgan fingerprint density at radius 3 is 2.39 bits per heavy atom. The molecule has 0 aromatic heterocycles. The number of carbonyl (C=O) groups is 1. The number of amides is 1. The van der Waals surface area contributed by atoms with E-state index in [2.05, 4.69) is 24.5 Å². The van der Waals surface area contributed by atoms with Crippen LogP contribution in [0.4, 0.5) is 0 Å². The average molecular weight is 329 g/mol. The third-order valence-electron chi connectivity index (χ3n) is 4.11. The monoisotopic (exact) mass is 328 g/mol. The largest absolute Gasteiger partial charge is 0.364 e. The van der Waals surface area contributed by atoms with Crippen LogP contribution in [0.3, 0.4) is 0 Å². The molecule has 23 heavy (non-hydrogen) atoms. The summed E-state index contributed by atoms with van der Waals surface area (Å²) in [6, 6.07) is 0. The van der Waals surface area contributed by atoms with Crippen LogP contribution in [0.1, 0.15) is 85.0 Å². The summed E-state index contributed by atoms with van der Waals surface area (Å²) in [5.41, 5.74) is 0. The Kier molecular flexibility index (Phi) is 17.3. The van der Waals surface area contributed by atoms with Crippen molar-refractivity contribution in [2.75, 3.05) is 26.4 Å². The van der Waals surface area contributed by atoms with E-state index < -0.39 is 0 Å². The second-order valence-electron chi connectivity index (χ2n) is 6.46. The van der Waals surface area contributed by atoms with Crippen LogP contribution in [0.25, 0.3) is 0 Å². The fourth-order valence-electron chi connectivity index (χ4n) is 2.69. The molecule has 0 aromatic carbocycles. The molecule has 0 aliphatic carbocycles. The van der Waals surface area contributed by atoms with E-state index in [1.54, 1.807) is 0 Å². The summed E-state index contributed by atoms with van der Waals surface area (Å²) in [7, 11) is 0. The Morgan fingerprint density at radius 2 is 1.70 bits per heavy atom. The molecule has 0 rings (SSSR count). The van der Waals surface area contributed by atoms with E-state index in [1.807, 2.05) is 6.92 Å². The molecule has 0 saturated carbocycles. The van der Waals surface area contributed by atoms with Gasteiger partial charge in [0.05, 0.1) is 13.3 Å². The number of nitrogens with one attached hydrogen (secondary N) is 2. The lowest BCUT2D eigenvalue weighted by molar-refractivity contribution is -0.121. The van der Waals surface area contributed by atoms with Crippen LogP contribution >= 0.6 is 0 Å². The van der Waals surface area contributed by atoms with Crippen LogP contribution in [-0.2, 0) is 9.53 Å². The molecule has 0 aliphatic heterocycles. The summed E-state index contributed by atoms with van der Waals surface area (Å²) in [4.78, 5) is 11.3. The van der Waals surface area contributed by atoms with Gasteiger partial charge in [0.15, 0.2) is 0 Å². The standard InChI is InChI=1S/C19H40N2O2/c1-4-7-9-10-13-18(12-8-5-2)16-20-17-23-15-14-21-19(22)11-6-3/h18,20H,4-17H2,1-3H3,(H,21,22). The second kappa shape index (κ2) is 17.7. The molecule has 1 atom stereocenters. The molecule has 138 valence electrons. The smallest absolute Gasteiger partial charge is 0.220 e. The Labute approximate surface area is 144 Å². The van der Waals surface area contributed by atoms with Gasteiger partial charge < -0.3 is 10.1 Å². The van der Waals surface area contributed by atoms with Gasteiger partial charge in [-0.25, -0.2) is 0 Å². The number of rotatable bonds is 17. The van der Waals surface area contributed by atoms with E-state index >= 15 is 0 Å². The van der Waals surface area contributed by atoms with Gasteiger partial charge in [-0.05, 0) is 25.2 Å². The molecular formula is C19H40N2O2. The van der Waals surface area contributed by atoms with Gasteiger partial charge in [-0.15, -0.1) is 0 Å². The van der Waals surface area contributed by atoms with Gasteiger partial charge in [0.25, 0.3) is 0 Å². The number of hydrogen-bond donors (Lipinski definition) is 2. The zero-order valence-electron chi connectivity index (χ0n) is 15.8. The van der Waals surface area contributed by atoms with Crippen LogP contribution in [0.2, 0.25) is 0 Å². The van der Waals surface area contributed by atoms with E-state index in [-0.39, 0.29) is 5.91 Å². The van der Waals surface area contributed by atoms with Crippen molar-refractivity contribution in [3.63, 3.8) is 0 Å². The van der Waals surface area contributed by atoms with E-state index in [0.717, 1.165) is 18.9 Å². The maximum absolute atomic E-state index is 11.3. The Balaban J connectivity index is 3.58. The van der Waals surface area contributed by atoms with Gasteiger partial charge in [-0.2, -0.15) is 0 Å². The summed E-state index contributed by atoms with van der Waals surface area (Å²) >= 11 is 0. The summed E-state index contributed by atoms with van der Waals surface area (Å²) < 4.78 is 5.53. The van der Waals surface area contributed by atoms with Crippen LogP contribution in [0, 0.1) is 5.92 Å². The van der Waals surface area contributed by atoms with Gasteiger partial charge in [0, 0.05) is 19.5 Å². The highest BCUT2D eigenvalue weighted by atomic mass is 16.5. The van der Waals surface area contributed by atoms with Crippen LogP contribution < -0.4 is 10.6 Å². The molecule has 0 fully saturated rings. The van der Waals surface area contributed by atoms with E-state index in [9.17, 15) is 4.79 Å². The van der Waals surface area contributed by atoms with Crippen LogP contribution in [0.15, 0.2) is 0 Å². The Bertz CT molecular complexity index is 260. The van der Waals surface area contributed by atoms with Gasteiger partial charge in [-0.1, -0.05) is 59.3 Å². The fraction of sp³-hybridized carbons (Fsp3) is 0.947. The summed E-state index contributed by atoms with van der Waals surface area (Å²) in [6.45, 7) is 9.36. The van der Waals surface area contributed by atoms with Crippen molar-refractivity contribution in [1.29, 1.82) is 0 Å². The quantitative estimate of drug-likeness (QED) is 0.310. The van der Waals surface area contributed by atoms with Crippen molar-refractivity contribution >= 4 is 5.91 Å². The van der Waals surface area contributed by atoms with E-state index in [0.29, 0.717) is 26.3 Å². The van der Waals surface area contributed by atoms with Gasteiger partial charge in [0.2, 0.25) is 5.91 Å². The molecule has 0 aromatic rings. The minimum Gasteiger partial charge on any atom is -0.364 e. The first kappa shape index (κ1) is 22.4. The zero-order chi connectivity index (χ0) is 17.2. The predicted octanol–water partition coefficient (Wildman–Crippen LogP) is 4.24. The van der Waals surface area contributed by atoms with Gasteiger partial charge in [0.1, 0.15) is 0 Å². The molecule has 2 N–H and O–H groups in total. The van der Waals surface area contributed by atoms with Crippen molar-refractivity contribution < 1.29 is 9.53 Å². The van der Waals surface area contributed by atoms with Crippen molar-refractivity contribution in [1.82, 2.24) is 10.6 Å². The molecule has 0 aliphatic rings. The molecule has 0 heterocycles. The molecular weight excluding hydrogens is 288 g/mol. The summed E-state index contributed by atoms with van der Waals surface area (Å²) in [5, 5.41) is 6.27. The molecule has 0 bridgehead atoms. The molecule has 4 nitrogen and oxygen atoms in total. The second-order valence-corrected chi connectivity index (χ2v) is 6.46. The lowest BCUT2D eigenvalue weighted by atomic mass is 9.95. The third-order valence-corrected chi connectivity index (χ3v) is 4.11. The molecule has 1 unspecified atom stereocenters. The number of hydrogen-bond acceptors (Lipinski definition) is 3. The molecule has 1 amide bonds. The van der Waals surface area contributed by atoms with Crippen molar-refractivity contribution in [2.45, 2.75) is 85.0 Å². The normalized spacial score (nSPS) is 12.3. The molecule has 0 radical (unpaired) electrons. The molecule has 0 saturated heterocycles. The molecule has 4 heteroatoms. The lowest BCUT2D eigenvalue weighted by Gasteiger charge is -2.17. The summed E-state index contributed by atoms with van der Waals surface area (Å²) in [5.74, 6) is 0.899. The van der Waals surface area contributed by atoms with Crippen LogP contribution in [0.5, 0.6) is 0 Å². The van der Waals surface area contributed by atoms with E-state index in [1.165, 1.54) is 51.4 Å². The van der Waals surface area contributed by atoms with Crippen LogP contribution in [-0.4, -0.2) is 32.3 Å². The fourth-order valence-corrected chi connectivity index (χ4v) is 2.69. The first-order chi connectivity index (χ1) is 11.2. The minimum atomic E-state index is 0.121. The predicted molar refractivity (Wildman–Crippen MR) is 98.5 cm³/mol. The highest BCUT2D eigenvalue weighted by molar-refractivity contribution is 5.75. The van der Waals surface area contributed by atoms with Crippen molar-refractivity contribution in [3.8, 4) is 0 Å². The maximum Gasteiger partial charge on any atom is 0.220 e. The number of carbonyl (C=O) groups excluding carboxylic acids is 1. The zero-order valence-corrected chi connectivity index (χ0v) is 15.8. The topological polar surface area (TPSA) is 50.4 Å². The average Bonchev–Trinajstić information content (AvgIpc) is 2.55. The summed E-state index contributed by atoms with van der Waals surface area (Å²) in [6.07, 6.45) is 12.1. The SMILES string of the molecule is CCCCCCC(CCCC)CNCOCCNC(=O)CCC. The Hall–Kier alpha value is -0.610. The first-order valence-electron chi connectivity index (χ1n) is 9.79. The molecule has 0 spiro atoms.